The molecular weight excluding hydrogens is 224 g/mol. The summed E-state index contributed by atoms with van der Waals surface area (Å²) in [7, 11) is 0. The third-order valence-corrected chi connectivity index (χ3v) is 4.52. The average molecular weight is 252 g/mol. The molecule has 2 aliphatic rings. The van der Waals surface area contributed by atoms with E-state index in [0.29, 0.717) is 23.9 Å². The molecule has 0 aromatic heterocycles. The van der Waals surface area contributed by atoms with E-state index in [4.69, 9.17) is 4.74 Å². The van der Waals surface area contributed by atoms with Crippen LogP contribution in [0.1, 0.15) is 77.6 Å². The van der Waals surface area contributed by atoms with Gasteiger partial charge in [-0.15, -0.1) is 0 Å². The molecule has 2 aliphatic heterocycles. The van der Waals surface area contributed by atoms with Crippen LogP contribution in [0.4, 0.5) is 0 Å². The predicted octanol–water partition coefficient (Wildman–Crippen LogP) is 4.26. The van der Waals surface area contributed by atoms with Gasteiger partial charge < -0.3 is 4.74 Å². The first kappa shape index (κ1) is 14.0. The third-order valence-electron chi connectivity index (χ3n) is 4.52. The van der Waals surface area contributed by atoms with E-state index in [0.717, 1.165) is 25.7 Å². The van der Waals surface area contributed by atoms with Gasteiger partial charge in [-0.05, 0) is 32.1 Å². The minimum Gasteiger partial charge on any atom is -0.375 e. The fourth-order valence-electron chi connectivity index (χ4n) is 3.40. The molecule has 2 heteroatoms. The number of hydrogen-bond acceptors (Lipinski definition) is 2. The van der Waals surface area contributed by atoms with Gasteiger partial charge in [0.2, 0.25) is 0 Å². The molecule has 2 heterocycles. The maximum Gasteiger partial charge on any atom is 0.136 e. The fraction of sp³-hybridized carbons (Fsp3) is 0.938. The van der Waals surface area contributed by atoms with Gasteiger partial charge in [0.1, 0.15) is 5.78 Å². The molecular formula is C16H28O2. The summed E-state index contributed by atoms with van der Waals surface area (Å²) < 4.78 is 5.80. The maximum atomic E-state index is 12.2. The van der Waals surface area contributed by atoms with E-state index in [1.54, 1.807) is 0 Å². The largest absolute Gasteiger partial charge is 0.375 e. The standard InChI is InChI=1S/C16H28O2/c1-2-3-4-5-6-7-8-16(17)13-11-14-9-10-15(12-13)18-14/h13-15H,2-12H2,1H3. The lowest BCUT2D eigenvalue weighted by atomic mass is 9.89. The Morgan fingerprint density at radius 3 is 2.28 bits per heavy atom. The molecule has 0 N–H and O–H groups in total. The first-order chi connectivity index (χ1) is 8.79. The number of carbonyl (C=O) groups excluding carboxylic acids is 1. The number of rotatable bonds is 8. The highest BCUT2D eigenvalue weighted by Crippen LogP contribution is 2.36. The van der Waals surface area contributed by atoms with E-state index in [1.807, 2.05) is 0 Å². The van der Waals surface area contributed by atoms with Crippen molar-refractivity contribution < 1.29 is 9.53 Å². The molecule has 18 heavy (non-hydrogen) atoms. The van der Waals surface area contributed by atoms with E-state index in [9.17, 15) is 4.79 Å². The summed E-state index contributed by atoms with van der Waals surface area (Å²) in [4.78, 5) is 12.2. The molecule has 0 saturated carbocycles. The molecule has 0 spiro atoms. The van der Waals surface area contributed by atoms with Crippen LogP contribution in [0.3, 0.4) is 0 Å². The van der Waals surface area contributed by atoms with Crippen LogP contribution >= 0.6 is 0 Å². The highest BCUT2D eigenvalue weighted by Gasteiger charge is 2.37. The molecule has 0 amide bonds. The van der Waals surface area contributed by atoms with Gasteiger partial charge in [0, 0.05) is 12.3 Å². The van der Waals surface area contributed by atoms with Crippen molar-refractivity contribution in [1.29, 1.82) is 0 Å². The second-order valence-electron chi connectivity index (χ2n) is 6.11. The van der Waals surface area contributed by atoms with E-state index in [2.05, 4.69) is 6.92 Å². The van der Waals surface area contributed by atoms with Gasteiger partial charge >= 0.3 is 0 Å². The molecule has 2 unspecified atom stereocenters. The van der Waals surface area contributed by atoms with Crippen molar-refractivity contribution in [3.8, 4) is 0 Å². The van der Waals surface area contributed by atoms with Gasteiger partial charge in [-0.2, -0.15) is 0 Å². The molecule has 2 bridgehead atoms. The smallest absolute Gasteiger partial charge is 0.136 e. The summed E-state index contributed by atoms with van der Waals surface area (Å²) in [6, 6.07) is 0. The third kappa shape index (κ3) is 4.08. The lowest BCUT2D eigenvalue weighted by molar-refractivity contribution is -0.128. The lowest BCUT2D eigenvalue weighted by Crippen LogP contribution is -2.29. The highest BCUT2D eigenvalue weighted by molar-refractivity contribution is 5.81. The van der Waals surface area contributed by atoms with Gasteiger partial charge in [0.05, 0.1) is 12.2 Å². The molecule has 2 fully saturated rings. The molecule has 0 aromatic carbocycles. The van der Waals surface area contributed by atoms with Crippen LogP contribution in [0, 0.1) is 5.92 Å². The van der Waals surface area contributed by atoms with Gasteiger partial charge in [-0.3, -0.25) is 4.79 Å². The minimum atomic E-state index is 0.326. The van der Waals surface area contributed by atoms with Crippen molar-refractivity contribution in [3.05, 3.63) is 0 Å². The maximum absolute atomic E-state index is 12.2. The Hall–Kier alpha value is -0.370. The van der Waals surface area contributed by atoms with Crippen LogP contribution in [0.2, 0.25) is 0 Å². The quantitative estimate of drug-likeness (QED) is 0.603. The fourth-order valence-corrected chi connectivity index (χ4v) is 3.40. The molecule has 2 rings (SSSR count). The van der Waals surface area contributed by atoms with Crippen LogP contribution in [-0.2, 0) is 9.53 Å². The number of unbranched alkanes of at least 4 members (excludes halogenated alkanes) is 5. The van der Waals surface area contributed by atoms with E-state index < -0.39 is 0 Å². The van der Waals surface area contributed by atoms with Crippen LogP contribution in [0.5, 0.6) is 0 Å². The summed E-state index contributed by atoms with van der Waals surface area (Å²) >= 11 is 0. The Morgan fingerprint density at radius 1 is 1.00 bits per heavy atom. The SMILES string of the molecule is CCCCCCCCC(=O)C1CC2CCC(C1)O2. The number of ketones is 1. The van der Waals surface area contributed by atoms with Crippen molar-refractivity contribution in [2.75, 3.05) is 0 Å². The zero-order valence-corrected chi connectivity index (χ0v) is 11.8. The van der Waals surface area contributed by atoms with Crippen molar-refractivity contribution in [2.24, 2.45) is 5.92 Å². The first-order valence-corrected chi connectivity index (χ1v) is 7.97. The molecule has 0 radical (unpaired) electrons. The number of hydrogen-bond donors (Lipinski definition) is 0. The van der Waals surface area contributed by atoms with Crippen LogP contribution < -0.4 is 0 Å². The number of ether oxygens (including phenoxy) is 1. The van der Waals surface area contributed by atoms with Crippen molar-refractivity contribution in [3.63, 3.8) is 0 Å². The topological polar surface area (TPSA) is 26.3 Å². The van der Waals surface area contributed by atoms with Crippen LogP contribution in [-0.4, -0.2) is 18.0 Å². The lowest BCUT2D eigenvalue weighted by Gasteiger charge is -2.27. The molecule has 0 aliphatic carbocycles. The summed E-state index contributed by atoms with van der Waals surface area (Å²) in [5, 5.41) is 0. The van der Waals surface area contributed by atoms with E-state index in [-0.39, 0.29) is 0 Å². The van der Waals surface area contributed by atoms with Gasteiger partial charge in [0.25, 0.3) is 0 Å². The minimum absolute atomic E-state index is 0.326. The van der Waals surface area contributed by atoms with E-state index in [1.165, 1.54) is 44.9 Å². The van der Waals surface area contributed by atoms with Crippen molar-refractivity contribution in [1.82, 2.24) is 0 Å². The summed E-state index contributed by atoms with van der Waals surface area (Å²) in [6.45, 7) is 2.24. The predicted molar refractivity (Wildman–Crippen MR) is 73.6 cm³/mol. The molecule has 2 atom stereocenters. The summed E-state index contributed by atoms with van der Waals surface area (Å²) in [6.07, 6.45) is 13.6. The zero-order valence-electron chi connectivity index (χ0n) is 11.8. The second-order valence-corrected chi connectivity index (χ2v) is 6.11. The van der Waals surface area contributed by atoms with E-state index >= 15 is 0 Å². The van der Waals surface area contributed by atoms with Gasteiger partial charge in [-0.25, -0.2) is 0 Å². The molecule has 0 aromatic rings. The first-order valence-electron chi connectivity index (χ1n) is 7.97. The summed E-state index contributed by atoms with van der Waals surface area (Å²) in [5.41, 5.74) is 0. The normalized spacial score (nSPS) is 30.6. The zero-order chi connectivity index (χ0) is 12.8. The number of Topliss-reactive ketones (excluding diaryl/α,β-unsaturated/α-hetero) is 1. The second kappa shape index (κ2) is 7.28. The summed E-state index contributed by atoms with van der Waals surface area (Å²) in [5.74, 6) is 0.845. The monoisotopic (exact) mass is 252 g/mol. The van der Waals surface area contributed by atoms with Gasteiger partial charge in [-0.1, -0.05) is 39.0 Å². The highest BCUT2D eigenvalue weighted by atomic mass is 16.5. The number of carbonyl (C=O) groups is 1. The molecule has 104 valence electrons. The Bertz CT molecular complexity index is 250. The Morgan fingerprint density at radius 2 is 1.61 bits per heavy atom. The molecule has 2 nitrogen and oxygen atoms in total. The Balaban J connectivity index is 1.57. The molecule has 2 saturated heterocycles. The van der Waals surface area contributed by atoms with Crippen molar-refractivity contribution >= 4 is 5.78 Å². The van der Waals surface area contributed by atoms with Crippen LogP contribution in [0.25, 0.3) is 0 Å². The van der Waals surface area contributed by atoms with Gasteiger partial charge in [0.15, 0.2) is 0 Å². The van der Waals surface area contributed by atoms with Crippen molar-refractivity contribution in [2.45, 2.75) is 89.8 Å². The number of fused-ring (bicyclic) bond motifs is 2. The van der Waals surface area contributed by atoms with Crippen LogP contribution in [0.15, 0.2) is 0 Å². The Kier molecular flexibility index (Phi) is 5.68. The average Bonchev–Trinajstić information content (AvgIpc) is 2.72. The Labute approximate surface area is 111 Å².